The third-order valence-corrected chi connectivity index (χ3v) is 2.51. The first-order chi connectivity index (χ1) is 8.83. The molecule has 0 aliphatic carbocycles. The molecule has 0 heterocycles. The molecular formula is C10H10F5NO3. The van der Waals surface area contributed by atoms with Crippen molar-refractivity contribution in [1.29, 1.82) is 0 Å². The Hall–Kier alpha value is -1.45. The van der Waals surface area contributed by atoms with E-state index in [-0.39, 0.29) is 0 Å². The Labute approximate surface area is 104 Å². The molecule has 0 amide bonds. The topological polar surface area (TPSA) is 72.7 Å². The zero-order valence-corrected chi connectivity index (χ0v) is 9.35. The fourth-order valence-corrected chi connectivity index (χ4v) is 1.25. The summed E-state index contributed by atoms with van der Waals surface area (Å²) in [5, 5.41) is 28.5. The van der Waals surface area contributed by atoms with Gasteiger partial charge in [-0.15, -0.1) is 0 Å². The van der Waals surface area contributed by atoms with E-state index in [1.54, 1.807) is 5.32 Å². The third-order valence-electron chi connectivity index (χ3n) is 2.51. The van der Waals surface area contributed by atoms with Crippen LogP contribution in [0, 0.1) is 29.1 Å². The molecule has 0 aliphatic rings. The van der Waals surface area contributed by atoms with Gasteiger partial charge in [0.15, 0.2) is 23.3 Å². The Morgan fingerprint density at radius 3 is 1.32 bits per heavy atom. The van der Waals surface area contributed by atoms with Gasteiger partial charge in [0, 0.05) is 0 Å². The number of hydrogen-bond donors (Lipinski definition) is 4. The van der Waals surface area contributed by atoms with Crippen LogP contribution in [0.15, 0.2) is 0 Å². The van der Waals surface area contributed by atoms with Crippen molar-refractivity contribution < 1.29 is 37.3 Å². The van der Waals surface area contributed by atoms with Crippen LogP contribution in [0.5, 0.6) is 0 Å². The Morgan fingerprint density at radius 1 is 0.684 bits per heavy atom. The lowest BCUT2D eigenvalue weighted by molar-refractivity contribution is 0.0827. The highest BCUT2D eigenvalue weighted by Crippen LogP contribution is 2.29. The molecule has 0 saturated heterocycles. The lowest BCUT2D eigenvalue weighted by Crippen LogP contribution is -2.49. The molecule has 19 heavy (non-hydrogen) atoms. The van der Waals surface area contributed by atoms with E-state index < -0.39 is 60.1 Å². The van der Waals surface area contributed by atoms with E-state index >= 15 is 0 Å². The summed E-state index contributed by atoms with van der Waals surface area (Å²) in [6.45, 7) is -3.00. The van der Waals surface area contributed by atoms with Crippen molar-refractivity contribution in [3.63, 3.8) is 0 Å². The molecule has 0 atom stereocenters. The summed E-state index contributed by atoms with van der Waals surface area (Å²) in [5.41, 5.74) is -3.47. The minimum atomic E-state index is -2.33. The Morgan fingerprint density at radius 2 is 1.00 bits per heavy atom. The molecule has 4 N–H and O–H groups in total. The molecule has 0 spiro atoms. The molecule has 0 fully saturated rings. The monoisotopic (exact) mass is 287 g/mol. The summed E-state index contributed by atoms with van der Waals surface area (Å²) in [7, 11) is 0. The molecule has 9 heteroatoms. The van der Waals surface area contributed by atoms with Crippen LogP contribution >= 0.6 is 0 Å². The third kappa shape index (κ3) is 2.62. The van der Waals surface area contributed by atoms with E-state index in [1.165, 1.54) is 0 Å². The second-order valence-corrected chi connectivity index (χ2v) is 3.82. The van der Waals surface area contributed by atoms with Gasteiger partial charge in [0.2, 0.25) is 5.82 Å². The van der Waals surface area contributed by atoms with Gasteiger partial charge in [-0.25, -0.2) is 22.0 Å². The Bertz CT molecular complexity index is 441. The zero-order valence-electron chi connectivity index (χ0n) is 9.35. The van der Waals surface area contributed by atoms with Crippen LogP contribution in [0.4, 0.5) is 27.6 Å². The number of halogens is 5. The van der Waals surface area contributed by atoms with Gasteiger partial charge in [0.05, 0.1) is 19.8 Å². The van der Waals surface area contributed by atoms with Gasteiger partial charge in [0.25, 0.3) is 0 Å². The van der Waals surface area contributed by atoms with Gasteiger partial charge < -0.3 is 20.6 Å². The highest BCUT2D eigenvalue weighted by atomic mass is 19.2. The smallest absolute Gasteiger partial charge is 0.200 e. The van der Waals surface area contributed by atoms with Crippen LogP contribution in [0.1, 0.15) is 0 Å². The van der Waals surface area contributed by atoms with Crippen molar-refractivity contribution in [1.82, 2.24) is 0 Å². The summed E-state index contributed by atoms with van der Waals surface area (Å²) in [6.07, 6.45) is 0. The quantitative estimate of drug-likeness (QED) is 0.362. The first-order valence-corrected chi connectivity index (χ1v) is 4.95. The van der Waals surface area contributed by atoms with Gasteiger partial charge in [-0.3, -0.25) is 0 Å². The predicted molar refractivity (Wildman–Crippen MR) is 53.8 cm³/mol. The molecule has 108 valence electrons. The number of hydrogen-bond acceptors (Lipinski definition) is 4. The lowest BCUT2D eigenvalue weighted by Gasteiger charge is -2.30. The van der Waals surface area contributed by atoms with E-state index in [9.17, 15) is 22.0 Å². The summed E-state index contributed by atoms with van der Waals surface area (Å²) >= 11 is 0. The SMILES string of the molecule is OCC(CO)(CO)Nc1c(F)c(F)c(F)c(F)c1F. The fraction of sp³-hybridized carbons (Fsp3) is 0.400. The first-order valence-electron chi connectivity index (χ1n) is 4.95. The summed E-state index contributed by atoms with van der Waals surface area (Å²) in [5.74, 6) is -11.0. The van der Waals surface area contributed by atoms with Crippen molar-refractivity contribution in [3.05, 3.63) is 29.1 Å². The van der Waals surface area contributed by atoms with Crippen LogP contribution in [0.25, 0.3) is 0 Å². The predicted octanol–water partition coefficient (Wildman–Crippen LogP) is 0.510. The maximum atomic E-state index is 13.3. The van der Waals surface area contributed by atoms with Crippen molar-refractivity contribution in [2.24, 2.45) is 0 Å². The van der Waals surface area contributed by atoms with Crippen molar-refractivity contribution >= 4 is 5.69 Å². The molecular weight excluding hydrogens is 277 g/mol. The normalized spacial score (nSPS) is 11.8. The highest BCUT2D eigenvalue weighted by Gasteiger charge is 2.33. The largest absolute Gasteiger partial charge is 0.394 e. The fourth-order valence-electron chi connectivity index (χ4n) is 1.25. The maximum absolute atomic E-state index is 13.3. The number of nitrogens with one attached hydrogen (secondary N) is 1. The number of anilines is 1. The average Bonchev–Trinajstić information content (AvgIpc) is 2.44. The Kier molecular flexibility index (Phi) is 4.66. The molecule has 1 rings (SSSR count). The average molecular weight is 287 g/mol. The van der Waals surface area contributed by atoms with Crippen molar-refractivity contribution in [3.8, 4) is 0 Å². The van der Waals surface area contributed by atoms with E-state index in [0.29, 0.717) is 0 Å². The molecule has 1 aromatic rings. The summed E-state index contributed by atoms with van der Waals surface area (Å²) in [6, 6.07) is 0. The van der Waals surface area contributed by atoms with E-state index in [0.717, 1.165) is 0 Å². The lowest BCUT2D eigenvalue weighted by atomic mass is 10.0. The molecule has 0 saturated carbocycles. The molecule has 4 nitrogen and oxygen atoms in total. The molecule has 0 aliphatic heterocycles. The van der Waals surface area contributed by atoms with Crippen LogP contribution in [0.3, 0.4) is 0 Å². The number of benzene rings is 1. The van der Waals surface area contributed by atoms with E-state index in [2.05, 4.69) is 0 Å². The minimum Gasteiger partial charge on any atom is -0.394 e. The number of aliphatic hydroxyl groups is 3. The molecule has 0 radical (unpaired) electrons. The Balaban J connectivity index is 3.36. The van der Waals surface area contributed by atoms with Crippen molar-refractivity contribution in [2.45, 2.75) is 5.54 Å². The molecule has 1 aromatic carbocycles. The van der Waals surface area contributed by atoms with E-state index in [4.69, 9.17) is 15.3 Å². The number of rotatable bonds is 5. The van der Waals surface area contributed by atoms with Crippen LogP contribution in [-0.4, -0.2) is 40.7 Å². The van der Waals surface area contributed by atoms with Gasteiger partial charge in [-0.1, -0.05) is 0 Å². The maximum Gasteiger partial charge on any atom is 0.200 e. The van der Waals surface area contributed by atoms with E-state index in [1.807, 2.05) is 0 Å². The second kappa shape index (κ2) is 5.68. The van der Waals surface area contributed by atoms with Gasteiger partial charge in [0.1, 0.15) is 11.2 Å². The molecule has 0 unspecified atom stereocenters. The number of aliphatic hydroxyl groups excluding tert-OH is 3. The molecule has 0 bridgehead atoms. The van der Waals surface area contributed by atoms with Crippen LogP contribution < -0.4 is 5.32 Å². The van der Waals surface area contributed by atoms with Crippen LogP contribution in [-0.2, 0) is 0 Å². The van der Waals surface area contributed by atoms with Gasteiger partial charge in [-0.2, -0.15) is 0 Å². The summed E-state index contributed by atoms with van der Waals surface area (Å²) < 4.78 is 65.2. The van der Waals surface area contributed by atoms with Crippen molar-refractivity contribution in [2.75, 3.05) is 25.1 Å². The highest BCUT2D eigenvalue weighted by molar-refractivity contribution is 5.50. The standard InChI is InChI=1S/C10H10F5NO3/c11-4-5(12)7(14)9(8(15)6(4)13)16-10(1-17,2-18)3-19/h16-19H,1-3H2. The van der Waals surface area contributed by atoms with Gasteiger partial charge in [-0.05, 0) is 0 Å². The zero-order chi connectivity index (χ0) is 14.8. The molecule has 0 aromatic heterocycles. The first kappa shape index (κ1) is 15.6. The van der Waals surface area contributed by atoms with Gasteiger partial charge >= 0.3 is 0 Å². The minimum absolute atomic E-state index is 1.00. The summed E-state index contributed by atoms with van der Waals surface area (Å²) in [4.78, 5) is 0. The second-order valence-electron chi connectivity index (χ2n) is 3.82. The van der Waals surface area contributed by atoms with Crippen LogP contribution in [0.2, 0.25) is 0 Å².